The molecular formula is C10H5BrF4O. The lowest BCUT2D eigenvalue weighted by molar-refractivity contribution is -0.153. The lowest BCUT2D eigenvalue weighted by atomic mass is 10.2. The molecule has 0 aliphatic heterocycles. The summed E-state index contributed by atoms with van der Waals surface area (Å²) in [7, 11) is 0. The van der Waals surface area contributed by atoms with Gasteiger partial charge in [0.2, 0.25) is 0 Å². The Morgan fingerprint density at radius 1 is 1.38 bits per heavy atom. The second kappa shape index (κ2) is 4.74. The summed E-state index contributed by atoms with van der Waals surface area (Å²) < 4.78 is 53.2. The normalized spacial score (nSPS) is 11.0. The van der Waals surface area contributed by atoms with E-state index in [1.165, 1.54) is 6.07 Å². The smallest absolute Gasteiger partial charge is 0.422 e. The highest BCUT2D eigenvalue weighted by Gasteiger charge is 2.29. The van der Waals surface area contributed by atoms with Gasteiger partial charge >= 0.3 is 6.18 Å². The van der Waals surface area contributed by atoms with E-state index in [2.05, 4.69) is 26.6 Å². The van der Waals surface area contributed by atoms with Gasteiger partial charge < -0.3 is 4.74 Å². The lowest BCUT2D eigenvalue weighted by Gasteiger charge is -2.11. The van der Waals surface area contributed by atoms with Gasteiger partial charge in [-0.1, -0.05) is 5.92 Å². The van der Waals surface area contributed by atoms with Crippen LogP contribution in [-0.2, 0) is 0 Å². The number of hydrogen-bond acceptors (Lipinski definition) is 1. The van der Waals surface area contributed by atoms with E-state index in [-0.39, 0.29) is 10.0 Å². The number of ether oxygens (including phenoxy) is 1. The fraction of sp³-hybridized carbons (Fsp3) is 0.200. The van der Waals surface area contributed by atoms with Gasteiger partial charge in [0.25, 0.3) is 0 Å². The number of rotatable bonds is 2. The minimum absolute atomic E-state index is 0.0460. The van der Waals surface area contributed by atoms with Crippen LogP contribution < -0.4 is 4.74 Å². The van der Waals surface area contributed by atoms with Crippen LogP contribution in [0.15, 0.2) is 16.6 Å². The maximum atomic E-state index is 13.3. The summed E-state index contributed by atoms with van der Waals surface area (Å²) in [5.41, 5.74) is 0.212. The maximum Gasteiger partial charge on any atom is 0.422 e. The van der Waals surface area contributed by atoms with Crippen LogP contribution in [0.5, 0.6) is 5.75 Å². The Labute approximate surface area is 97.5 Å². The van der Waals surface area contributed by atoms with Crippen LogP contribution in [0.4, 0.5) is 17.6 Å². The molecule has 0 radical (unpaired) electrons. The molecule has 0 saturated carbocycles. The first-order valence-corrected chi connectivity index (χ1v) is 4.78. The molecule has 0 amide bonds. The van der Waals surface area contributed by atoms with Gasteiger partial charge in [-0.05, 0) is 28.1 Å². The summed E-state index contributed by atoms with van der Waals surface area (Å²) in [4.78, 5) is 0. The van der Waals surface area contributed by atoms with Gasteiger partial charge in [0.15, 0.2) is 18.2 Å². The van der Waals surface area contributed by atoms with Crippen LogP contribution in [0, 0.1) is 18.2 Å². The van der Waals surface area contributed by atoms with Gasteiger partial charge in [-0.3, -0.25) is 0 Å². The van der Waals surface area contributed by atoms with Crippen LogP contribution in [-0.4, -0.2) is 12.8 Å². The van der Waals surface area contributed by atoms with E-state index in [1.807, 2.05) is 0 Å². The fourth-order valence-electron chi connectivity index (χ4n) is 0.935. The third-order valence-electron chi connectivity index (χ3n) is 1.55. The van der Waals surface area contributed by atoms with E-state index in [0.29, 0.717) is 0 Å². The van der Waals surface area contributed by atoms with Crippen molar-refractivity contribution in [3.8, 4) is 18.1 Å². The summed E-state index contributed by atoms with van der Waals surface area (Å²) in [6.45, 7) is -1.56. The number of benzene rings is 1. The van der Waals surface area contributed by atoms with Crippen LogP contribution in [0.25, 0.3) is 0 Å². The second-order valence-corrected chi connectivity index (χ2v) is 3.67. The molecule has 0 bridgehead atoms. The van der Waals surface area contributed by atoms with Crippen molar-refractivity contribution in [2.24, 2.45) is 0 Å². The first-order chi connectivity index (χ1) is 7.33. The van der Waals surface area contributed by atoms with Crippen molar-refractivity contribution in [1.82, 2.24) is 0 Å². The van der Waals surface area contributed by atoms with E-state index in [4.69, 9.17) is 6.42 Å². The first kappa shape index (κ1) is 12.8. The van der Waals surface area contributed by atoms with Gasteiger partial charge in [-0.15, -0.1) is 6.42 Å². The van der Waals surface area contributed by atoms with Crippen molar-refractivity contribution in [2.45, 2.75) is 6.18 Å². The van der Waals surface area contributed by atoms with Crippen molar-refractivity contribution in [2.75, 3.05) is 6.61 Å². The van der Waals surface area contributed by atoms with E-state index in [0.717, 1.165) is 6.07 Å². The van der Waals surface area contributed by atoms with Gasteiger partial charge in [0.1, 0.15) is 0 Å². The standard InChI is InChI=1S/C10H5BrF4O/c1-2-6-3-7(11)9(8(12)4-6)16-5-10(13,14)15/h1,3-4H,5H2. The molecule has 0 aromatic heterocycles. The molecule has 6 heteroatoms. The second-order valence-electron chi connectivity index (χ2n) is 2.82. The first-order valence-electron chi connectivity index (χ1n) is 3.98. The number of terminal acetylenes is 1. The predicted molar refractivity (Wildman–Crippen MR) is 53.6 cm³/mol. The number of hydrogen-bond donors (Lipinski definition) is 0. The van der Waals surface area contributed by atoms with Crippen LogP contribution in [0.1, 0.15) is 5.56 Å². The Morgan fingerprint density at radius 2 is 2.00 bits per heavy atom. The monoisotopic (exact) mass is 296 g/mol. The average Bonchev–Trinajstić information content (AvgIpc) is 2.14. The van der Waals surface area contributed by atoms with Gasteiger partial charge in [-0.2, -0.15) is 13.2 Å². The molecule has 1 nitrogen and oxygen atoms in total. The van der Waals surface area contributed by atoms with Crippen molar-refractivity contribution >= 4 is 15.9 Å². The zero-order chi connectivity index (χ0) is 12.3. The largest absolute Gasteiger partial charge is 0.480 e. The number of alkyl halides is 3. The molecule has 1 aromatic carbocycles. The summed E-state index contributed by atoms with van der Waals surface area (Å²) in [5, 5.41) is 0. The van der Waals surface area contributed by atoms with Crippen LogP contribution >= 0.6 is 15.9 Å². The summed E-state index contributed by atoms with van der Waals surface area (Å²) in [6.07, 6.45) is 0.505. The molecule has 0 unspecified atom stereocenters. The zero-order valence-corrected chi connectivity index (χ0v) is 9.32. The highest BCUT2D eigenvalue weighted by atomic mass is 79.9. The molecule has 86 valence electrons. The minimum atomic E-state index is -4.52. The molecule has 1 rings (SSSR count). The number of halogens is 5. The Morgan fingerprint density at radius 3 is 2.44 bits per heavy atom. The average molecular weight is 297 g/mol. The molecule has 1 aromatic rings. The molecule has 0 spiro atoms. The Bertz CT molecular complexity index is 410. The molecule has 16 heavy (non-hydrogen) atoms. The van der Waals surface area contributed by atoms with Crippen LogP contribution in [0.2, 0.25) is 0 Å². The molecule has 0 saturated heterocycles. The third kappa shape index (κ3) is 3.42. The van der Waals surface area contributed by atoms with Gasteiger partial charge in [0.05, 0.1) is 4.47 Å². The van der Waals surface area contributed by atoms with Crippen molar-refractivity contribution in [1.29, 1.82) is 0 Å². The summed E-state index contributed by atoms with van der Waals surface area (Å²) in [5.74, 6) is 0.719. The van der Waals surface area contributed by atoms with E-state index in [1.54, 1.807) is 0 Å². The van der Waals surface area contributed by atoms with E-state index >= 15 is 0 Å². The van der Waals surface area contributed by atoms with Gasteiger partial charge in [0, 0.05) is 5.56 Å². The minimum Gasteiger partial charge on any atom is -0.480 e. The molecule has 0 fully saturated rings. The SMILES string of the molecule is C#Cc1cc(F)c(OCC(F)(F)F)c(Br)c1. The zero-order valence-electron chi connectivity index (χ0n) is 7.74. The van der Waals surface area contributed by atoms with E-state index in [9.17, 15) is 17.6 Å². The Kier molecular flexibility index (Phi) is 3.81. The maximum absolute atomic E-state index is 13.3. The summed E-state index contributed by atoms with van der Waals surface area (Å²) >= 11 is 2.88. The quantitative estimate of drug-likeness (QED) is 0.599. The Hall–Kier alpha value is -1.22. The fourth-order valence-corrected chi connectivity index (χ4v) is 1.49. The molecule has 0 N–H and O–H groups in total. The molecular weight excluding hydrogens is 292 g/mol. The topological polar surface area (TPSA) is 9.23 Å². The summed E-state index contributed by atoms with van der Waals surface area (Å²) in [6, 6.07) is 2.23. The molecule has 0 aliphatic rings. The third-order valence-corrected chi connectivity index (χ3v) is 2.13. The van der Waals surface area contributed by atoms with Crippen molar-refractivity contribution in [3.05, 3.63) is 28.0 Å². The van der Waals surface area contributed by atoms with Gasteiger partial charge in [-0.25, -0.2) is 4.39 Å². The van der Waals surface area contributed by atoms with Crippen molar-refractivity contribution in [3.63, 3.8) is 0 Å². The van der Waals surface area contributed by atoms with E-state index < -0.39 is 24.3 Å². The highest BCUT2D eigenvalue weighted by Crippen LogP contribution is 2.30. The molecule has 0 aliphatic carbocycles. The highest BCUT2D eigenvalue weighted by molar-refractivity contribution is 9.10. The predicted octanol–water partition coefficient (Wildman–Crippen LogP) is 3.51. The lowest BCUT2D eigenvalue weighted by Crippen LogP contribution is -2.19. The van der Waals surface area contributed by atoms with Crippen molar-refractivity contribution < 1.29 is 22.3 Å². The Balaban J connectivity index is 2.94. The van der Waals surface area contributed by atoms with Crippen LogP contribution in [0.3, 0.4) is 0 Å². The molecule has 0 heterocycles. The molecule has 0 atom stereocenters.